The molecule has 0 spiro atoms. The SMILES string of the molecule is O=c1[nH]c2ccc(Cl)cc2c(-c2ccccc2)c1-c1ccncc1. The van der Waals surface area contributed by atoms with Gasteiger partial charge in [0.1, 0.15) is 0 Å². The summed E-state index contributed by atoms with van der Waals surface area (Å²) in [6.45, 7) is 0. The molecule has 1 N–H and O–H groups in total. The smallest absolute Gasteiger partial charge is 0.256 e. The zero-order chi connectivity index (χ0) is 16.5. The summed E-state index contributed by atoms with van der Waals surface area (Å²) in [6, 6.07) is 19.1. The summed E-state index contributed by atoms with van der Waals surface area (Å²) in [5, 5.41) is 1.55. The molecule has 116 valence electrons. The maximum absolute atomic E-state index is 12.8. The van der Waals surface area contributed by atoms with Crippen LogP contribution in [0.25, 0.3) is 33.2 Å². The lowest BCUT2D eigenvalue weighted by molar-refractivity contribution is 1.29. The highest BCUT2D eigenvalue weighted by molar-refractivity contribution is 6.31. The maximum Gasteiger partial charge on any atom is 0.256 e. The lowest BCUT2D eigenvalue weighted by atomic mass is 9.93. The number of nitrogens with one attached hydrogen (secondary N) is 1. The number of hydrogen-bond donors (Lipinski definition) is 1. The fraction of sp³-hybridized carbons (Fsp3) is 0. The van der Waals surface area contributed by atoms with Gasteiger partial charge in [0.2, 0.25) is 0 Å². The predicted molar refractivity (Wildman–Crippen MR) is 98.2 cm³/mol. The van der Waals surface area contributed by atoms with Crippen molar-refractivity contribution < 1.29 is 0 Å². The zero-order valence-electron chi connectivity index (χ0n) is 12.7. The number of fused-ring (bicyclic) bond motifs is 1. The molecule has 0 aliphatic carbocycles. The Morgan fingerprint density at radius 3 is 2.29 bits per heavy atom. The molecule has 3 nitrogen and oxygen atoms in total. The van der Waals surface area contributed by atoms with E-state index in [0.29, 0.717) is 10.6 Å². The predicted octanol–water partition coefficient (Wildman–Crippen LogP) is 4.91. The zero-order valence-corrected chi connectivity index (χ0v) is 13.4. The van der Waals surface area contributed by atoms with Crippen molar-refractivity contribution in [3.05, 3.63) is 88.4 Å². The van der Waals surface area contributed by atoms with Crippen molar-refractivity contribution in [1.82, 2.24) is 9.97 Å². The van der Waals surface area contributed by atoms with Crippen LogP contribution in [0.3, 0.4) is 0 Å². The molecular weight excluding hydrogens is 320 g/mol. The Morgan fingerprint density at radius 2 is 1.54 bits per heavy atom. The molecule has 0 amide bonds. The minimum Gasteiger partial charge on any atom is -0.321 e. The maximum atomic E-state index is 12.8. The minimum atomic E-state index is -0.130. The highest BCUT2D eigenvalue weighted by Crippen LogP contribution is 2.35. The van der Waals surface area contributed by atoms with Crippen LogP contribution < -0.4 is 5.56 Å². The second kappa shape index (κ2) is 5.95. The highest BCUT2D eigenvalue weighted by atomic mass is 35.5. The number of rotatable bonds is 2. The number of aromatic amines is 1. The molecule has 2 aromatic carbocycles. The van der Waals surface area contributed by atoms with Crippen LogP contribution in [0.2, 0.25) is 5.02 Å². The first-order valence-electron chi connectivity index (χ1n) is 7.55. The molecule has 0 bridgehead atoms. The summed E-state index contributed by atoms with van der Waals surface area (Å²) in [5.74, 6) is 0. The molecule has 0 atom stereocenters. The monoisotopic (exact) mass is 332 g/mol. The lowest BCUT2D eigenvalue weighted by Gasteiger charge is -2.13. The van der Waals surface area contributed by atoms with Crippen molar-refractivity contribution in [3.63, 3.8) is 0 Å². The molecule has 2 heterocycles. The van der Waals surface area contributed by atoms with Crippen LogP contribution in [0.4, 0.5) is 0 Å². The van der Waals surface area contributed by atoms with Gasteiger partial charge >= 0.3 is 0 Å². The van der Waals surface area contributed by atoms with Gasteiger partial charge in [-0.1, -0.05) is 41.9 Å². The molecule has 4 aromatic rings. The number of H-pyrrole nitrogens is 1. The molecule has 0 saturated carbocycles. The van der Waals surface area contributed by atoms with Crippen LogP contribution in [0.5, 0.6) is 0 Å². The average molecular weight is 333 g/mol. The van der Waals surface area contributed by atoms with E-state index in [-0.39, 0.29) is 5.56 Å². The summed E-state index contributed by atoms with van der Waals surface area (Å²) in [6.07, 6.45) is 3.37. The lowest BCUT2D eigenvalue weighted by Crippen LogP contribution is -2.11. The summed E-state index contributed by atoms with van der Waals surface area (Å²) in [4.78, 5) is 19.8. The van der Waals surface area contributed by atoms with E-state index in [1.54, 1.807) is 18.5 Å². The van der Waals surface area contributed by atoms with E-state index in [1.165, 1.54) is 0 Å². The molecule has 4 heteroatoms. The normalized spacial score (nSPS) is 10.9. The van der Waals surface area contributed by atoms with Gasteiger partial charge in [0.15, 0.2) is 0 Å². The molecule has 4 rings (SSSR count). The molecule has 0 radical (unpaired) electrons. The number of halogens is 1. The van der Waals surface area contributed by atoms with Crippen LogP contribution in [0.1, 0.15) is 0 Å². The van der Waals surface area contributed by atoms with Gasteiger partial charge in [-0.15, -0.1) is 0 Å². The van der Waals surface area contributed by atoms with E-state index >= 15 is 0 Å². The Labute approximate surface area is 143 Å². The Bertz CT molecular complexity index is 1070. The second-order valence-electron chi connectivity index (χ2n) is 5.50. The Balaban J connectivity index is 2.19. The Kier molecular flexibility index (Phi) is 3.63. The van der Waals surface area contributed by atoms with Crippen molar-refractivity contribution in [3.8, 4) is 22.3 Å². The summed E-state index contributed by atoms with van der Waals surface area (Å²) in [7, 11) is 0. The van der Waals surface area contributed by atoms with Crippen LogP contribution >= 0.6 is 11.6 Å². The summed E-state index contributed by atoms with van der Waals surface area (Å²) < 4.78 is 0. The molecule has 2 aromatic heterocycles. The van der Waals surface area contributed by atoms with Gasteiger partial charge in [-0.25, -0.2) is 0 Å². The van der Waals surface area contributed by atoms with E-state index in [4.69, 9.17) is 11.6 Å². The standard InChI is InChI=1S/C20H13ClN2O/c21-15-6-7-17-16(12-15)18(13-4-2-1-3-5-13)19(20(24)23-17)14-8-10-22-11-9-14/h1-12H,(H,23,24). The molecule has 24 heavy (non-hydrogen) atoms. The van der Waals surface area contributed by atoms with Crippen LogP contribution in [0, 0.1) is 0 Å². The number of pyridine rings is 2. The summed E-state index contributed by atoms with van der Waals surface area (Å²) >= 11 is 6.21. The van der Waals surface area contributed by atoms with Gasteiger partial charge < -0.3 is 4.98 Å². The first-order chi connectivity index (χ1) is 11.7. The molecule has 0 unspecified atom stereocenters. The Hall–Kier alpha value is -2.91. The molecule has 0 aliphatic rings. The molecule has 0 aliphatic heterocycles. The van der Waals surface area contributed by atoms with Gasteiger partial charge in [0.25, 0.3) is 5.56 Å². The van der Waals surface area contributed by atoms with E-state index in [9.17, 15) is 4.79 Å². The van der Waals surface area contributed by atoms with Gasteiger partial charge in [-0.05, 0) is 41.5 Å². The van der Waals surface area contributed by atoms with E-state index in [2.05, 4.69) is 9.97 Å². The number of nitrogens with zero attached hydrogens (tertiary/aromatic N) is 1. The first-order valence-corrected chi connectivity index (χ1v) is 7.93. The van der Waals surface area contributed by atoms with Gasteiger partial charge in [0, 0.05) is 33.9 Å². The third-order valence-corrected chi connectivity index (χ3v) is 4.24. The van der Waals surface area contributed by atoms with Crippen molar-refractivity contribution in [1.29, 1.82) is 0 Å². The fourth-order valence-corrected chi connectivity index (χ4v) is 3.14. The van der Waals surface area contributed by atoms with Gasteiger partial charge in [0.05, 0.1) is 5.56 Å². The number of hydrogen-bond acceptors (Lipinski definition) is 2. The highest BCUT2D eigenvalue weighted by Gasteiger charge is 2.16. The second-order valence-corrected chi connectivity index (χ2v) is 5.93. The van der Waals surface area contributed by atoms with E-state index in [0.717, 1.165) is 27.6 Å². The Morgan fingerprint density at radius 1 is 0.833 bits per heavy atom. The van der Waals surface area contributed by atoms with Gasteiger partial charge in [-0.2, -0.15) is 0 Å². The molecule has 0 fully saturated rings. The van der Waals surface area contributed by atoms with Gasteiger partial charge in [-0.3, -0.25) is 9.78 Å². The third kappa shape index (κ3) is 2.49. The van der Waals surface area contributed by atoms with Crippen molar-refractivity contribution in [2.75, 3.05) is 0 Å². The van der Waals surface area contributed by atoms with Crippen LogP contribution in [0.15, 0.2) is 77.9 Å². The average Bonchev–Trinajstić information content (AvgIpc) is 2.62. The van der Waals surface area contributed by atoms with Crippen LogP contribution in [-0.4, -0.2) is 9.97 Å². The largest absolute Gasteiger partial charge is 0.321 e. The van der Waals surface area contributed by atoms with E-state index < -0.39 is 0 Å². The fourth-order valence-electron chi connectivity index (χ4n) is 2.96. The van der Waals surface area contributed by atoms with E-state index in [1.807, 2.05) is 54.6 Å². The quantitative estimate of drug-likeness (QED) is 0.567. The third-order valence-electron chi connectivity index (χ3n) is 4.01. The number of aromatic nitrogens is 2. The topological polar surface area (TPSA) is 45.8 Å². The first kappa shape index (κ1) is 14.7. The van der Waals surface area contributed by atoms with Crippen molar-refractivity contribution in [2.24, 2.45) is 0 Å². The molecular formula is C20H13ClN2O. The summed E-state index contributed by atoms with van der Waals surface area (Å²) in [5.41, 5.74) is 3.94. The minimum absolute atomic E-state index is 0.130. The number of benzene rings is 2. The van der Waals surface area contributed by atoms with Crippen molar-refractivity contribution >= 4 is 22.5 Å². The molecule has 0 saturated heterocycles. The van der Waals surface area contributed by atoms with Crippen molar-refractivity contribution in [2.45, 2.75) is 0 Å². The van der Waals surface area contributed by atoms with Crippen LogP contribution in [-0.2, 0) is 0 Å².